The lowest BCUT2D eigenvalue weighted by atomic mass is 9.91. The van der Waals surface area contributed by atoms with Crippen LogP contribution in [0.2, 0.25) is 10.0 Å². The van der Waals surface area contributed by atoms with E-state index in [4.69, 9.17) is 39.3 Å². The number of nitrogens with one attached hydrogen (secondary N) is 1. The number of anilines is 2. The van der Waals surface area contributed by atoms with Crippen LogP contribution in [0.25, 0.3) is 0 Å². The second-order valence-electron chi connectivity index (χ2n) is 8.83. The lowest BCUT2D eigenvalue weighted by Gasteiger charge is -2.27. The Labute approximate surface area is 226 Å². The Kier molecular flexibility index (Phi) is 7.13. The molecule has 0 fully saturated rings. The van der Waals surface area contributed by atoms with Crippen LogP contribution in [0.1, 0.15) is 35.0 Å². The number of halogens is 2. The molecule has 0 spiro atoms. The van der Waals surface area contributed by atoms with Crippen molar-refractivity contribution in [3.63, 3.8) is 0 Å². The van der Waals surface area contributed by atoms with E-state index in [-0.39, 0.29) is 28.1 Å². The third-order valence-corrected chi connectivity index (χ3v) is 6.53. The van der Waals surface area contributed by atoms with Crippen LogP contribution >= 0.6 is 23.2 Å². The number of hydrogen-bond acceptors (Lipinski definition) is 6. The molecular formula is C25H20Cl2N6O5. The molecule has 2 atom stereocenters. The van der Waals surface area contributed by atoms with Gasteiger partial charge in [0.25, 0.3) is 11.8 Å². The summed E-state index contributed by atoms with van der Waals surface area (Å²) < 4.78 is 1.41. The number of fused-ring (bicyclic) bond motifs is 1. The van der Waals surface area contributed by atoms with Gasteiger partial charge in [-0.3, -0.25) is 23.7 Å². The predicted octanol–water partition coefficient (Wildman–Crippen LogP) is 2.76. The van der Waals surface area contributed by atoms with Crippen LogP contribution in [0.3, 0.4) is 0 Å². The van der Waals surface area contributed by atoms with E-state index in [2.05, 4.69) is 10.3 Å². The van der Waals surface area contributed by atoms with Gasteiger partial charge in [-0.2, -0.15) is 5.26 Å². The highest BCUT2D eigenvalue weighted by atomic mass is 35.5. The van der Waals surface area contributed by atoms with E-state index < -0.39 is 41.7 Å². The molecule has 1 aromatic heterocycles. The molecule has 4 rings (SSSR count). The minimum Gasteiger partial charge on any atom is -0.481 e. The normalized spacial score (nSPS) is 17.0. The number of amides is 3. The number of carboxylic acids is 1. The first-order valence-corrected chi connectivity index (χ1v) is 11.9. The summed E-state index contributed by atoms with van der Waals surface area (Å²) in [6.45, 7) is 1.62. The molecule has 1 aliphatic rings. The zero-order chi connectivity index (χ0) is 27.8. The van der Waals surface area contributed by atoms with E-state index >= 15 is 0 Å². The van der Waals surface area contributed by atoms with Gasteiger partial charge in [0, 0.05) is 16.5 Å². The molecule has 3 amide bonds. The zero-order valence-electron chi connectivity index (χ0n) is 19.8. The molecule has 13 heteroatoms. The van der Waals surface area contributed by atoms with E-state index in [0.29, 0.717) is 16.8 Å². The van der Waals surface area contributed by atoms with Crippen molar-refractivity contribution in [2.45, 2.75) is 31.3 Å². The molecule has 38 heavy (non-hydrogen) atoms. The van der Waals surface area contributed by atoms with Crippen LogP contribution in [0.15, 0.2) is 48.7 Å². The lowest BCUT2D eigenvalue weighted by molar-refractivity contribution is -0.139. The van der Waals surface area contributed by atoms with Gasteiger partial charge >= 0.3 is 5.97 Å². The first kappa shape index (κ1) is 26.7. The smallest absolute Gasteiger partial charge is 0.305 e. The third kappa shape index (κ3) is 4.91. The topological polar surface area (TPSA) is 171 Å². The van der Waals surface area contributed by atoms with Crippen LogP contribution < -0.4 is 16.0 Å². The van der Waals surface area contributed by atoms with Gasteiger partial charge in [0.15, 0.2) is 0 Å². The van der Waals surface area contributed by atoms with E-state index in [1.807, 2.05) is 6.07 Å². The maximum Gasteiger partial charge on any atom is 0.305 e. The van der Waals surface area contributed by atoms with Crippen molar-refractivity contribution in [2.24, 2.45) is 5.73 Å². The number of nitriles is 1. The number of primary amides is 1. The fourth-order valence-corrected chi connectivity index (χ4v) is 4.87. The molecule has 0 saturated carbocycles. The monoisotopic (exact) mass is 554 g/mol. The second-order valence-corrected chi connectivity index (χ2v) is 9.71. The Morgan fingerprint density at radius 3 is 2.37 bits per heavy atom. The highest BCUT2D eigenvalue weighted by Crippen LogP contribution is 2.43. The number of rotatable bonds is 8. The molecule has 0 bridgehead atoms. The number of nitrogens with two attached hydrogens (primary N) is 1. The van der Waals surface area contributed by atoms with Crippen LogP contribution in [0.5, 0.6) is 0 Å². The average Bonchev–Trinajstić information content (AvgIpc) is 3.36. The molecule has 11 nitrogen and oxygen atoms in total. The Morgan fingerprint density at radius 2 is 1.82 bits per heavy atom. The summed E-state index contributed by atoms with van der Waals surface area (Å²) in [6.07, 6.45) is 0.586. The van der Waals surface area contributed by atoms with E-state index in [0.717, 1.165) is 0 Å². The van der Waals surface area contributed by atoms with Gasteiger partial charge in [0.05, 0.1) is 29.9 Å². The molecule has 3 aromatic rings. The molecule has 0 unspecified atom stereocenters. The fourth-order valence-electron chi connectivity index (χ4n) is 4.35. The summed E-state index contributed by atoms with van der Waals surface area (Å²) in [4.78, 5) is 55.7. The highest BCUT2D eigenvalue weighted by Gasteiger charge is 2.51. The van der Waals surface area contributed by atoms with Crippen molar-refractivity contribution in [1.82, 2.24) is 14.9 Å². The number of carboxylic acid groups (broad SMARTS) is 1. The van der Waals surface area contributed by atoms with Crippen molar-refractivity contribution < 1.29 is 24.3 Å². The van der Waals surface area contributed by atoms with Gasteiger partial charge in [-0.15, -0.1) is 0 Å². The van der Waals surface area contributed by atoms with Gasteiger partial charge in [-0.25, -0.2) is 9.88 Å². The molecule has 1 aliphatic heterocycles. The van der Waals surface area contributed by atoms with Gasteiger partial charge in [-0.1, -0.05) is 35.3 Å². The first-order chi connectivity index (χ1) is 17.9. The Bertz CT molecular complexity index is 1490. The SMILES string of the molecule is C[C@@]1(Cc2ccc(C#N)cc2)C(=O)N(c2cc(Cl)cc(Cl)c2)c2ncc(C(=O)N[C@@H](CC(=O)O)C(N)=O)n21. The number of nitrogens with zero attached hydrogens (tertiary/aromatic N) is 4. The Balaban J connectivity index is 1.83. The molecule has 0 saturated heterocycles. The number of carbonyl (C=O) groups is 4. The summed E-state index contributed by atoms with van der Waals surface area (Å²) in [7, 11) is 0. The van der Waals surface area contributed by atoms with Gasteiger partial charge < -0.3 is 16.2 Å². The summed E-state index contributed by atoms with van der Waals surface area (Å²) in [5.74, 6) is -3.58. The van der Waals surface area contributed by atoms with Gasteiger partial charge in [0.2, 0.25) is 11.9 Å². The second kappa shape index (κ2) is 10.2. The maximum atomic E-state index is 14.0. The summed E-state index contributed by atoms with van der Waals surface area (Å²) in [5.41, 5.74) is 5.21. The van der Waals surface area contributed by atoms with Gasteiger partial charge in [-0.05, 0) is 42.8 Å². The van der Waals surface area contributed by atoms with Crippen LogP contribution in [-0.4, -0.2) is 44.4 Å². The van der Waals surface area contributed by atoms with Crippen molar-refractivity contribution >= 4 is 58.5 Å². The van der Waals surface area contributed by atoms with Crippen LogP contribution in [0, 0.1) is 11.3 Å². The first-order valence-electron chi connectivity index (χ1n) is 11.1. The molecular weight excluding hydrogens is 535 g/mol. The Morgan fingerprint density at radius 1 is 1.18 bits per heavy atom. The molecule has 0 aliphatic carbocycles. The molecule has 2 aromatic carbocycles. The number of carbonyl (C=O) groups excluding carboxylic acids is 3. The van der Waals surface area contributed by atoms with Crippen LogP contribution in [-0.2, 0) is 26.3 Å². The summed E-state index contributed by atoms with van der Waals surface area (Å²) >= 11 is 12.4. The largest absolute Gasteiger partial charge is 0.481 e. The van der Waals surface area contributed by atoms with Gasteiger partial charge in [0.1, 0.15) is 17.3 Å². The highest BCUT2D eigenvalue weighted by molar-refractivity contribution is 6.35. The number of aliphatic carboxylic acids is 1. The van der Waals surface area contributed by atoms with E-state index in [1.54, 1.807) is 31.2 Å². The summed E-state index contributed by atoms with van der Waals surface area (Å²) in [5, 5.41) is 21.1. The maximum absolute atomic E-state index is 14.0. The standard InChI is InChI=1S/C25H20Cl2N6O5/c1-25(10-13-2-4-14(11-28)5-3-13)23(38)32(17-7-15(26)6-16(27)8-17)24-30-12-19(33(24)25)22(37)31-18(21(29)36)9-20(34)35/h2-8,12,18H,9-10H2,1H3,(H2,29,36)(H,31,37)(H,34,35)/t18-,25+/m0/s1. The average molecular weight is 555 g/mol. The minimum atomic E-state index is -1.49. The lowest BCUT2D eigenvalue weighted by Crippen LogP contribution is -2.47. The van der Waals surface area contributed by atoms with Crippen molar-refractivity contribution in [3.8, 4) is 6.07 Å². The zero-order valence-corrected chi connectivity index (χ0v) is 21.3. The quantitative estimate of drug-likeness (QED) is 0.384. The predicted molar refractivity (Wildman–Crippen MR) is 137 cm³/mol. The number of hydrogen-bond donors (Lipinski definition) is 3. The van der Waals surface area contributed by atoms with Crippen molar-refractivity contribution in [3.05, 3.63) is 75.5 Å². The van der Waals surface area contributed by atoms with Crippen molar-refractivity contribution in [1.29, 1.82) is 5.26 Å². The van der Waals surface area contributed by atoms with E-state index in [1.165, 1.54) is 33.9 Å². The van der Waals surface area contributed by atoms with Crippen LogP contribution in [0.4, 0.5) is 11.6 Å². The minimum absolute atomic E-state index is 0.0866. The fraction of sp³-hybridized carbons (Fsp3) is 0.200. The number of benzene rings is 2. The Hall–Kier alpha value is -4.40. The van der Waals surface area contributed by atoms with Crippen molar-refractivity contribution in [2.75, 3.05) is 4.90 Å². The molecule has 194 valence electrons. The molecule has 4 N–H and O–H groups in total. The number of imidazole rings is 1. The summed E-state index contributed by atoms with van der Waals surface area (Å²) in [6, 6.07) is 11.7. The molecule has 0 radical (unpaired) electrons. The number of aromatic nitrogens is 2. The molecule has 2 heterocycles. The van der Waals surface area contributed by atoms with E-state index in [9.17, 15) is 19.2 Å². The third-order valence-electron chi connectivity index (χ3n) is 6.10.